The summed E-state index contributed by atoms with van der Waals surface area (Å²) in [7, 11) is 2.07. The summed E-state index contributed by atoms with van der Waals surface area (Å²) in [6, 6.07) is 5.94. The summed E-state index contributed by atoms with van der Waals surface area (Å²) in [6.07, 6.45) is 1.81. The van der Waals surface area contributed by atoms with Crippen LogP contribution in [0.4, 0.5) is 0 Å². The molecular weight excluding hydrogens is 454 g/mol. The molecule has 33 heavy (non-hydrogen) atoms. The van der Waals surface area contributed by atoms with E-state index in [1.165, 1.54) is 51.3 Å². The molecule has 0 spiro atoms. The van der Waals surface area contributed by atoms with Crippen LogP contribution in [0.1, 0.15) is 18.6 Å². The standard InChI is InChI=1S/C21H25N3O8S/c1-23(2)33(27,28)20-8-7-14(32-20)12-31-19(25)6-5-9-24-13-22-16-11-18(30-4)17(29-3)10-15(16)21(24)26/h7-8,10-11,13H,5-6,9,12H2,1-4H3. The first-order chi connectivity index (χ1) is 15.7. The number of hydrogen-bond acceptors (Lipinski definition) is 9. The molecular formula is C21H25N3O8S. The van der Waals surface area contributed by atoms with Crippen molar-refractivity contribution in [2.24, 2.45) is 0 Å². The Kier molecular flexibility index (Phi) is 7.39. The largest absolute Gasteiger partial charge is 0.493 e. The molecule has 1 aromatic carbocycles. The zero-order valence-corrected chi connectivity index (χ0v) is 19.5. The van der Waals surface area contributed by atoms with Gasteiger partial charge in [0.25, 0.3) is 15.6 Å². The summed E-state index contributed by atoms with van der Waals surface area (Å²) < 4.78 is 47.3. The van der Waals surface area contributed by atoms with Gasteiger partial charge in [0.15, 0.2) is 11.5 Å². The molecule has 0 N–H and O–H groups in total. The van der Waals surface area contributed by atoms with Crippen LogP contribution in [0, 0.1) is 0 Å². The Bertz CT molecular complexity index is 1310. The van der Waals surface area contributed by atoms with Gasteiger partial charge in [-0.3, -0.25) is 14.2 Å². The second-order valence-corrected chi connectivity index (χ2v) is 9.32. The molecule has 2 aromatic heterocycles. The average Bonchev–Trinajstić information content (AvgIpc) is 3.28. The van der Waals surface area contributed by atoms with Crippen molar-refractivity contribution >= 4 is 26.9 Å². The molecule has 0 bridgehead atoms. The predicted octanol–water partition coefficient (Wildman–Crippen LogP) is 1.78. The molecule has 0 aliphatic heterocycles. The third-order valence-electron chi connectivity index (χ3n) is 4.86. The first kappa shape index (κ1) is 24.3. The number of benzene rings is 1. The molecule has 0 amide bonds. The summed E-state index contributed by atoms with van der Waals surface area (Å²) in [5.74, 6) is 0.602. The van der Waals surface area contributed by atoms with Crippen molar-refractivity contribution in [1.82, 2.24) is 13.9 Å². The molecule has 0 aliphatic rings. The molecule has 0 fully saturated rings. The minimum atomic E-state index is -3.69. The molecule has 0 unspecified atom stereocenters. The highest BCUT2D eigenvalue weighted by Gasteiger charge is 2.21. The zero-order chi connectivity index (χ0) is 24.2. The fourth-order valence-electron chi connectivity index (χ4n) is 3.02. The van der Waals surface area contributed by atoms with Gasteiger partial charge in [0.05, 0.1) is 31.4 Å². The minimum absolute atomic E-state index is 0.0555. The molecule has 0 saturated carbocycles. The second kappa shape index (κ2) is 10.0. The number of nitrogens with zero attached hydrogens (tertiary/aromatic N) is 3. The molecule has 178 valence electrons. The van der Waals surface area contributed by atoms with Gasteiger partial charge in [-0.1, -0.05) is 0 Å². The topological polar surface area (TPSA) is 130 Å². The number of methoxy groups -OCH3 is 2. The van der Waals surface area contributed by atoms with E-state index in [0.29, 0.717) is 28.8 Å². The van der Waals surface area contributed by atoms with E-state index in [1.807, 2.05) is 0 Å². The van der Waals surface area contributed by atoms with Gasteiger partial charge in [0.2, 0.25) is 5.09 Å². The first-order valence-corrected chi connectivity index (χ1v) is 11.4. The van der Waals surface area contributed by atoms with Gasteiger partial charge < -0.3 is 18.6 Å². The number of hydrogen-bond donors (Lipinski definition) is 0. The molecule has 0 saturated heterocycles. The number of aryl methyl sites for hydroxylation is 1. The maximum absolute atomic E-state index is 12.8. The van der Waals surface area contributed by atoms with E-state index in [2.05, 4.69) is 4.98 Å². The Morgan fingerprint density at radius 3 is 2.52 bits per heavy atom. The van der Waals surface area contributed by atoms with Crippen LogP contribution in [0.25, 0.3) is 10.9 Å². The van der Waals surface area contributed by atoms with Crippen molar-refractivity contribution in [2.45, 2.75) is 31.1 Å². The number of rotatable bonds is 10. The van der Waals surface area contributed by atoms with E-state index in [1.54, 1.807) is 12.1 Å². The lowest BCUT2D eigenvalue weighted by Gasteiger charge is -2.10. The Morgan fingerprint density at radius 2 is 1.85 bits per heavy atom. The summed E-state index contributed by atoms with van der Waals surface area (Å²) >= 11 is 0. The van der Waals surface area contributed by atoms with Crippen molar-refractivity contribution in [2.75, 3.05) is 28.3 Å². The van der Waals surface area contributed by atoms with E-state index in [0.717, 1.165) is 4.31 Å². The zero-order valence-electron chi connectivity index (χ0n) is 18.7. The number of furan rings is 1. The summed E-state index contributed by atoms with van der Waals surface area (Å²) in [5, 5.41) is 0.148. The lowest BCUT2D eigenvalue weighted by atomic mass is 10.2. The first-order valence-electron chi connectivity index (χ1n) is 9.95. The monoisotopic (exact) mass is 479 g/mol. The maximum atomic E-state index is 12.8. The van der Waals surface area contributed by atoms with Crippen LogP contribution < -0.4 is 15.0 Å². The number of carbonyl (C=O) groups is 1. The number of sulfonamides is 1. The lowest BCUT2D eigenvalue weighted by Crippen LogP contribution is -2.21. The Labute approximate surface area is 190 Å². The van der Waals surface area contributed by atoms with Gasteiger partial charge in [-0.15, -0.1) is 0 Å². The third-order valence-corrected chi connectivity index (χ3v) is 6.55. The Balaban J connectivity index is 1.57. The average molecular weight is 480 g/mol. The molecule has 12 heteroatoms. The van der Waals surface area contributed by atoms with Gasteiger partial charge in [-0.2, -0.15) is 0 Å². The van der Waals surface area contributed by atoms with Crippen LogP contribution in [0.3, 0.4) is 0 Å². The fourth-order valence-corrected chi connectivity index (χ4v) is 3.83. The molecule has 0 radical (unpaired) electrons. The van der Waals surface area contributed by atoms with Gasteiger partial charge in [-0.05, 0) is 24.6 Å². The van der Waals surface area contributed by atoms with E-state index in [4.69, 9.17) is 18.6 Å². The Hall–Kier alpha value is -3.38. The molecule has 0 aliphatic carbocycles. The molecule has 0 atom stereocenters. The molecule has 3 aromatic rings. The number of aromatic nitrogens is 2. The van der Waals surface area contributed by atoms with Gasteiger partial charge in [0, 0.05) is 33.1 Å². The third kappa shape index (κ3) is 5.34. The van der Waals surface area contributed by atoms with Crippen LogP contribution in [-0.2, 0) is 32.7 Å². The molecule has 11 nitrogen and oxygen atoms in total. The second-order valence-electron chi connectivity index (χ2n) is 7.24. The summed E-state index contributed by atoms with van der Waals surface area (Å²) in [5.41, 5.74) is 0.210. The highest BCUT2D eigenvalue weighted by molar-refractivity contribution is 7.88. The van der Waals surface area contributed by atoms with Gasteiger partial charge in [0.1, 0.15) is 12.4 Å². The number of fused-ring (bicyclic) bond motifs is 1. The van der Waals surface area contributed by atoms with E-state index >= 15 is 0 Å². The van der Waals surface area contributed by atoms with Crippen molar-refractivity contribution in [3.63, 3.8) is 0 Å². The van der Waals surface area contributed by atoms with Crippen molar-refractivity contribution in [3.05, 3.63) is 46.7 Å². The van der Waals surface area contributed by atoms with Crippen LogP contribution >= 0.6 is 0 Å². The molecule has 3 rings (SSSR count). The normalized spacial score (nSPS) is 11.7. The number of ether oxygens (including phenoxy) is 3. The van der Waals surface area contributed by atoms with Gasteiger partial charge >= 0.3 is 5.97 Å². The highest BCUT2D eigenvalue weighted by atomic mass is 32.2. The Morgan fingerprint density at radius 1 is 1.15 bits per heavy atom. The summed E-state index contributed by atoms with van der Waals surface area (Å²) in [4.78, 5) is 29.1. The van der Waals surface area contributed by atoms with Crippen molar-refractivity contribution in [3.8, 4) is 11.5 Å². The maximum Gasteiger partial charge on any atom is 0.306 e. The van der Waals surface area contributed by atoms with Crippen molar-refractivity contribution in [1.29, 1.82) is 0 Å². The minimum Gasteiger partial charge on any atom is -0.493 e. The molecule has 2 heterocycles. The summed E-state index contributed by atoms with van der Waals surface area (Å²) in [6.45, 7) is 0.0675. The van der Waals surface area contributed by atoms with Crippen LogP contribution in [-0.4, -0.2) is 56.6 Å². The smallest absolute Gasteiger partial charge is 0.306 e. The highest BCUT2D eigenvalue weighted by Crippen LogP contribution is 2.29. The van der Waals surface area contributed by atoms with E-state index in [9.17, 15) is 18.0 Å². The quantitative estimate of drug-likeness (QED) is 0.399. The van der Waals surface area contributed by atoms with Crippen LogP contribution in [0.5, 0.6) is 11.5 Å². The number of carbonyl (C=O) groups excluding carboxylic acids is 1. The lowest BCUT2D eigenvalue weighted by molar-refractivity contribution is -0.145. The van der Waals surface area contributed by atoms with Crippen molar-refractivity contribution < 1.29 is 31.8 Å². The van der Waals surface area contributed by atoms with Gasteiger partial charge in [-0.25, -0.2) is 17.7 Å². The SMILES string of the molecule is COc1cc2ncn(CCCC(=O)OCc3ccc(S(=O)(=O)N(C)C)o3)c(=O)c2cc1OC. The van der Waals surface area contributed by atoms with Crippen LogP contribution in [0.15, 0.2) is 44.9 Å². The number of esters is 1. The van der Waals surface area contributed by atoms with E-state index < -0.39 is 16.0 Å². The van der Waals surface area contributed by atoms with Crippen LogP contribution in [0.2, 0.25) is 0 Å². The van der Waals surface area contributed by atoms with E-state index in [-0.39, 0.29) is 36.0 Å². The predicted molar refractivity (Wildman–Crippen MR) is 118 cm³/mol. The fraction of sp³-hybridized carbons (Fsp3) is 0.381.